The molecule has 0 saturated carbocycles. The normalized spacial score (nSPS) is 27.1. The van der Waals surface area contributed by atoms with E-state index in [9.17, 15) is 0 Å². The molecule has 0 amide bonds. The van der Waals surface area contributed by atoms with Crippen LogP contribution in [0.3, 0.4) is 0 Å². The standard InChI is InChI=1S/C18H31N5S.HI/c1-12(2)17-21-14(11-24-17)10-20-18(19-3)22-13-8-15-6-5-7-16(9-13)23(15)4;/h11-13,15-16H,5-10H2,1-4H3,(H2,19,20,22);1H. The predicted octanol–water partition coefficient (Wildman–Crippen LogP) is 3.56. The maximum atomic E-state index is 4.69. The van der Waals surface area contributed by atoms with Gasteiger partial charge < -0.3 is 15.5 Å². The minimum absolute atomic E-state index is 0. The van der Waals surface area contributed by atoms with Gasteiger partial charge in [-0.2, -0.15) is 0 Å². The quantitative estimate of drug-likeness (QED) is 0.396. The number of nitrogens with one attached hydrogen (secondary N) is 2. The van der Waals surface area contributed by atoms with E-state index in [2.05, 4.69) is 51.8 Å². The van der Waals surface area contributed by atoms with Crippen LogP contribution in [0.25, 0.3) is 0 Å². The Morgan fingerprint density at radius 1 is 1.36 bits per heavy atom. The summed E-state index contributed by atoms with van der Waals surface area (Å²) >= 11 is 1.75. The third kappa shape index (κ3) is 5.29. The number of aromatic nitrogens is 1. The van der Waals surface area contributed by atoms with Gasteiger partial charge in [0.05, 0.1) is 17.2 Å². The minimum Gasteiger partial charge on any atom is -0.354 e. The molecule has 0 aliphatic carbocycles. The fraction of sp³-hybridized carbons (Fsp3) is 0.778. The molecule has 0 radical (unpaired) electrons. The Bertz CT molecular complexity index is 560. The highest BCUT2D eigenvalue weighted by molar-refractivity contribution is 14.0. The molecule has 3 heterocycles. The molecule has 2 unspecified atom stereocenters. The van der Waals surface area contributed by atoms with Gasteiger partial charge in [0.15, 0.2) is 5.96 Å². The van der Waals surface area contributed by atoms with Crippen molar-refractivity contribution in [3.63, 3.8) is 0 Å². The van der Waals surface area contributed by atoms with E-state index in [4.69, 9.17) is 0 Å². The lowest BCUT2D eigenvalue weighted by Crippen LogP contribution is -2.56. The molecule has 0 spiro atoms. The number of guanidine groups is 1. The molecular weight excluding hydrogens is 445 g/mol. The van der Waals surface area contributed by atoms with Crippen LogP contribution in [0.2, 0.25) is 0 Å². The van der Waals surface area contributed by atoms with E-state index in [1.807, 2.05) is 7.05 Å². The van der Waals surface area contributed by atoms with Gasteiger partial charge in [0.2, 0.25) is 0 Å². The highest BCUT2D eigenvalue weighted by Gasteiger charge is 2.36. The summed E-state index contributed by atoms with van der Waals surface area (Å²) in [6.07, 6.45) is 6.52. The second-order valence-corrected chi connectivity index (χ2v) is 8.36. The summed E-state index contributed by atoms with van der Waals surface area (Å²) in [4.78, 5) is 11.7. The van der Waals surface area contributed by atoms with Gasteiger partial charge in [-0.05, 0) is 32.7 Å². The molecule has 2 fully saturated rings. The maximum absolute atomic E-state index is 4.69. The number of halogens is 1. The number of hydrogen-bond donors (Lipinski definition) is 2. The first kappa shape index (κ1) is 20.9. The number of hydrogen-bond acceptors (Lipinski definition) is 4. The van der Waals surface area contributed by atoms with Gasteiger partial charge >= 0.3 is 0 Å². The molecule has 1 aromatic heterocycles. The molecule has 2 saturated heterocycles. The van der Waals surface area contributed by atoms with Crippen molar-refractivity contribution in [3.05, 3.63) is 16.1 Å². The van der Waals surface area contributed by atoms with E-state index >= 15 is 0 Å². The van der Waals surface area contributed by atoms with Crippen LogP contribution < -0.4 is 10.6 Å². The van der Waals surface area contributed by atoms with Gasteiger partial charge in [-0.15, -0.1) is 35.3 Å². The number of thiazole rings is 1. The van der Waals surface area contributed by atoms with E-state index in [1.54, 1.807) is 11.3 Å². The van der Waals surface area contributed by atoms with Gasteiger partial charge in [-0.3, -0.25) is 4.99 Å². The van der Waals surface area contributed by atoms with Crippen LogP contribution in [0.1, 0.15) is 62.6 Å². The lowest BCUT2D eigenvalue weighted by atomic mass is 9.82. The second-order valence-electron chi connectivity index (χ2n) is 7.47. The van der Waals surface area contributed by atoms with Crippen LogP contribution in [0.4, 0.5) is 0 Å². The smallest absolute Gasteiger partial charge is 0.191 e. The van der Waals surface area contributed by atoms with Crippen molar-refractivity contribution < 1.29 is 0 Å². The molecule has 2 aliphatic heterocycles. The topological polar surface area (TPSA) is 52.6 Å². The van der Waals surface area contributed by atoms with Crippen LogP contribution in [0, 0.1) is 0 Å². The van der Waals surface area contributed by atoms with Gasteiger partial charge in [0.1, 0.15) is 0 Å². The first-order chi connectivity index (χ1) is 11.6. The van der Waals surface area contributed by atoms with Crippen molar-refractivity contribution >= 4 is 41.3 Å². The van der Waals surface area contributed by atoms with E-state index in [0.717, 1.165) is 30.3 Å². The summed E-state index contributed by atoms with van der Waals surface area (Å²) in [5.74, 6) is 1.40. The highest BCUT2D eigenvalue weighted by Crippen LogP contribution is 2.32. The average Bonchev–Trinajstić information content (AvgIpc) is 3.01. The van der Waals surface area contributed by atoms with Crippen LogP contribution in [-0.4, -0.2) is 48.1 Å². The maximum Gasteiger partial charge on any atom is 0.191 e. The lowest BCUT2D eigenvalue weighted by Gasteiger charge is -2.47. The zero-order valence-electron chi connectivity index (χ0n) is 15.8. The largest absolute Gasteiger partial charge is 0.354 e. The summed E-state index contributed by atoms with van der Waals surface area (Å²) < 4.78 is 0. The van der Waals surface area contributed by atoms with Crippen LogP contribution in [0.15, 0.2) is 10.4 Å². The Morgan fingerprint density at radius 3 is 2.60 bits per heavy atom. The van der Waals surface area contributed by atoms with Crippen molar-refractivity contribution in [1.29, 1.82) is 0 Å². The number of fused-ring (bicyclic) bond motifs is 2. The number of nitrogens with zero attached hydrogens (tertiary/aromatic N) is 3. The van der Waals surface area contributed by atoms with E-state index in [1.165, 1.54) is 37.1 Å². The number of piperidine rings is 2. The zero-order chi connectivity index (χ0) is 17.1. The van der Waals surface area contributed by atoms with Crippen LogP contribution in [-0.2, 0) is 6.54 Å². The van der Waals surface area contributed by atoms with Crippen molar-refractivity contribution in [2.24, 2.45) is 4.99 Å². The van der Waals surface area contributed by atoms with Crippen molar-refractivity contribution in [2.45, 2.75) is 76.5 Å². The summed E-state index contributed by atoms with van der Waals surface area (Å²) in [7, 11) is 4.15. The molecule has 1 aromatic rings. The molecule has 2 atom stereocenters. The zero-order valence-corrected chi connectivity index (χ0v) is 18.9. The van der Waals surface area contributed by atoms with Gasteiger partial charge in [-0.1, -0.05) is 20.3 Å². The number of rotatable bonds is 4. The fourth-order valence-electron chi connectivity index (χ4n) is 3.96. The van der Waals surface area contributed by atoms with Gasteiger partial charge in [0, 0.05) is 36.5 Å². The third-order valence-electron chi connectivity index (χ3n) is 5.40. The predicted molar refractivity (Wildman–Crippen MR) is 117 cm³/mol. The second kappa shape index (κ2) is 9.50. The SMILES string of the molecule is CN=C(NCc1csc(C(C)C)n1)NC1CC2CCCC(C1)N2C.I. The first-order valence-corrected chi connectivity index (χ1v) is 10.1. The lowest BCUT2D eigenvalue weighted by molar-refractivity contribution is 0.0526. The van der Waals surface area contributed by atoms with E-state index in [-0.39, 0.29) is 24.0 Å². The summed E-state index contributed by atoms with van der Waals surface area (Å²) in [5.41, 5.74) is 1.10. The molecule has 142 valence electrons. The Morgan fingerprint density at radius 2 is 2.04 bits per heavy atom. The molecule has 2 bridgehead atoms. The Hall–Kier alpha value is -0.410. The highest BCUT2D eigenvalue weighted by atomic mass is 127. The minimum atomic E-state index is 0. The molecule has 25 heavy (non-hydrogen) atoms. The average molecular weight is 477 g/mol. The molecule has 5 nitrogen and oxygen atoms in total. The van der Waals surface area contributed by atoms with Crippen molar-refractivity contribution in [2.75, 3.05) is 14.1 Å². The van der Waals surface area contributed by atoms with Crippen molar-refractivity contribution in [1.82, 2.24) is 20.5 Å². The molecule has 2 N–H and O–H groups in total. The Labute approximate surface area is 173 Å². The third-order valence-corrected chi connectivity index (χ3v) is 6.60. The molecule has 2 aliphatic rings. The molecular formula is C18H32IN5S. The monoisotopic (exact) mass is 477 g/mol. The first-order valence-electron chi connectivity index (χ1n) is 9.20. The van der Waals surface area contributed by atoms with Gasteiger partial charge in [-0.25, -0.2) is 4.98 Å². The molecule has 3 rings (SSSR count). The van der Waals surface area contributed by atoms with E-state index in [0.29, 0.717) is 12.0 Å². The molecule has 0 aromatic carbocycles. The number of aliphatic imine (C=N–C) groups is 1. The van der Waals surface area contributed by atoms with Crippen LogP contribution >= 0.6 is 35.3 Å². The van der Waals surface area contributed by atoms with Gasteiger partial charge in [0.25, 0.3) is 0 Å². The van der Waals surface area contributed by atoms with E-state index < -0.39 is 0 Å². The fourth-order valence-corrected chi connectivity index (χ4v) is 4.80. The molecule has 7 heteroatoms. The summed E-state index contributed by atoms with van der Waals surface area (Å²) in [6, 6.07) is 2.00. The van der Waals surface area contributed by atoms with Crippen molar-refractivity contribution in [3.8, 4) is 0 Å². The Balaban J connectivity index is 0.00000225. The van der Waals surface area contributed by atoms with Crippen LogP contribution in [0.5, 0.6) is 0 Å². The summed E-state index contributed by atoms with van der Waals surface area (Å²) in [6.45, 7) is 5.11. The summed E-state index contributed by atoms with van der Waals surface area (Å²) in [5, 5.41) is 10.4. The Kier molecular flexibility index (Phi) is 7.94.